The highest BCUT2D eigenvalue weighted by Gasteiger charge is 2.27. The fraction of sp³-hybridized carbons (Fsp3) is 0.796. The molecule has 8 nitrogen and oxygen atoms in total. The number of unbranched alkanes of at least 4 members (excludes halogenated alkanes) is 27. The van der Waals surface area contributed by atoms with E-state index in [1.54, 1.807) is 6.08 Å². The van der Waals surface area contributed by atoms with E-state index in [1.807, 2.05) is 27.2 Å². The third-order valence-corrected chi connectivity index (χ3v) is 12.4. The van der Waals surface area contributed by atoms with Gasteiger partial charge in [0.15, 0.2) is 0 Å². The van der Waals surface area contributed by atoms with Crippen molar-refractivity contribution in [2.45, 2.75) is 238 Å². The third-order valence-electron chi connectivity index (χ3n) is 11.5. The van der Waals surface area contributed by atoms with Crippen molar-refractivity contribution in [3.05, 3.63) is 60.8 Å². The molecule has 3 atom stereocenters. The Morgan fingerprint density at radius 1 is 0.540 bits per heavy atom. The quantitative estimate of drug-likeness (QED) is 0.0185. The molecule has 0 saturated heterocycles. The number of nitrogens with zero attached hydrogens (tertiary/aromatic N) is 1. The van der Waals surface area contributed by atoms with Crippen LogP contribution in [0.1, 0.15) is 226 Å². The van der Waals surface area contributed by atoms with Crippen LogP contribution in [0.2, 0.25) is 0 Å². The van der Waals surface area contributed by atoms with Gasteiger partial charge in [-0.15, -0.1) is 0 Å². The van der Waals surface area contributed by atoms with Crippen LogP contribution >= 0.6 is 7.82 Å². The summed E-state index contributed by atoms with van der Waals surface area (Å²) in [5, 5.41) is 13.9. The van der Waals surface area contributed by atoms with Gasteiger partial charge in [-0.05, 0) is 70.6 Å². The van der Waals surface area contributed by atoms with Crippen molar-refractivity contribution in [3.63, 3.8) is 0 Å². The highest BCUT2D eigenvalue weighted by atomic mass is 31.2. The highest BCUT2D eigenvalue weighted by molar-refractivity contribution is 7.47. The van der Waals surface area contributed by atoms with Gasteiger partial charge in [0.05, 0.1) is 39.9 Å². The molecule has 3 unspecified atom stereocenters. The first-order valence-electron chi connectivity index (χ1n) is 26.2. The van der Waals surface area contributed by atoms with Gasteiger partial charge in [-0.25, -0.2) is 4.57 Å². The summed E-state index contributed by atoms with van der Waals surface area (Å²) in [5.74, 6) is -0.196. The second kappa shape index (κ2) is 45.4. The average molecular weight is 906 g/mol. The number of amides is 1. The number of aliphatic hydroxyl groups is 1. The summed E-state index contributed by atoms with van der Waals surface area (Å²) in [7, 11) is 1.54. The molecule has 1 amide bonds. The van der Waals surface area contributed by atoms with Gasteiger partial charge in [-0.2, -0.15) is 0 Å². The number of aliphatic hydroxyl groups excluding tert-OH is 1. The predicted octanol–water partition coefficient (Wildman–Crippen LogP) is 15.4. The van der Waals surface area contributed by atoms with Gasteiger partial charge < -0.3 is 19.8 Å². The number of carbonyl (C=O) groups is 1. The van der Waals surface area contributed by atoms with E-state index < -0.39 is 20.0 Å². The van der Waals surface area contributed by atoms with Crippen LogP contribution in [0, 0.1) is 0 Å². The fourth-order valence-electron chi connectivity index (χ4n) is 7.30. The predicted molar refractivity (Wildman–Crippen MR) is 272 cm³/mol. The van der Waals surface area contributed by atoms with Crippen LogP contribution in [0.4, 0.5) is 0 Å². The number of likely N-dealkylation sites (N-methyl/N-ethyl adjacent to an activating group) is 1. The molecule has 63 heavy (non-hydrogen) atoms. The number of nitrogens with one attached hydrogen (secondary N) is 1. The monoisotopic (exact) mass is 906 g/mol. The maximum atomic E-state index is 12.9. The van der Waals surface area contributed by atoms with E-state index in [1.165, 1.54) is 161 Å². The van der Waals surface area contributed by atoms with Gasteiger partial charge in [-0.3, -0.25) is 13.8 Å². The number of phosphoric acid groups is 1. The van der Waals surface area contributed by atoms with Crippen molar-refractivity contribution in [2.75, 3.05) is 40.9 Å². The first kappa shape index (κ1) is 61.2. The molecule has 0 aromatic heterocycles. The smallest absolute Gasteiger partial charge is 0.387 e. The Balaban J connectivity index is 4.39. The lowest BCUT2D eigenvalue weighted by Gasteiger charge is -2.25. The first-order valence-corrected chi connectivity index (χ1v) is 27.7. The summed E-state index contributed by atoms with van der Waals surface area (Å²) in [4.78, 5) is 23.2. The van der Waals surface area contributed by atoms with E-state index in [0.29, 0.717) is 17.4 Å². The summed E-state index contributed by atoms with van der Waals surface area (Å²) in [6.45, 7) is 4.76. The zero-order chi connectivity index (χ0) is 46.4. The van der Waals surface area contributed by atoms with Gasteiger partial charge in [0.1, 0.15) is 13.2 Å². The van der Waals surface area contributed by atoms with Crippen molar-refractivity contribution in [2.24, 2.45) is 0 Å². The summed E-state index contributed by atoms with van der Waals surface area (Å²) in [6, 6.07) is -0.873. The van der Waals surface area contributed by atoms with E-state index in [2.05, 4.69) is 67.8 Å². The van der Waals surface area contributed by atoms with Gasteiger partial charge in [0.2, 0.25) is 5.91 Å². The van der Waals surface area contributed by atoms with Crippen LogP contribution in [0.3, 0.4) is 0 Å². The molecular formula is C54H102N2O6P+. The van der Waals surface area contributed by atoms with Gasteiger partial charge >= 0.3 is 7.82 Å². The molecule has 9 heteroatoms. The largest absolute Gasteiger partial charge is 0.472 e. The number of phosphoric ester groups is 1. The lowest BCUT2D eigenvalue weighted by atomic mass is 10.0. The van der Waals surface area contributed by atoms with Crippen molar-refractivity contribution >= 4 is 13.7 Å². The number of quaternary nitrogens is 1. The lowest BCUT2D eigenvalue weighted by Crippen LogP contribution is -2.45. The van der Waals surface area contributed by atoms with E-state index in [-0.39, 0.29) is 19.1 Å². The van der Waals surface area contributed by atoms with Crippen molar-refractivity contribution in [3.8, 4) is 0 Å². The molecule has 0 aliphatic heterocycles. The van der Waals surface area contributed by atoms with Crippen molar-refractivity contribution in [1.29, 1.82) is 0 Å². The molecule has 0 saturated carbocycles. The minimum atomic E-state index is -4.36. The van der Waals surface area contributed by atoms with Crippen LogP contribution in [-0.4, -0.2) is 73.4 Å². The molecule has 0 bridgehead atoms. The molecule has 0 fully saturated rings. The number of carbonyl (C=O) groups excluding carboxylic acids is 1. The molecular weight excluding hydrogens is 804 g/mol. The third kappa shape index (κ3) is 48.0. The minimum absolute atomic E-state index is 0.0510. The Hall–Kier alpha value is -1.80. The first-order chi connectivity index (χ1) is 30.5. The van der Waals surface area contributed by atoms with Gasteiger partial charge in [0.25, 0.3) is 0 Å². The summed E-state index contributed by atoms with van der Waals surface area (Å²) >= 11 is 0. The molecule has 0 radical (unpaired) electrons. The zero-order valence-electron chi connectivity index (χ0n) is 41.8. The van der Waals surface area contributed by atoms with Crippen LogP contribution < -0.4 is 5.32 Å². The average Bonchev–Trinajstić information content (AvgIpc) is 3.24. The van der Waals surface area contributed by atoms with E-state index in [0.717, 1.165) is 44.9 Å². The number of rotatable bonds is 47. The second-order valence-electron chi connectivity index (χ2n) is 18.9. The van der Waals surface area contributed by atoms with Gasteiger partial charge in [0, 0.05) is 6.42 Å². The maximum absolute atomic E-state index is 12.9. The zero-order valence-corrected chi connectivity index (χ0v) is 42.7. The SMILES string of the molecule is CCCCC/C=C\C=C/CCCCCCCCCCCCC(=O)NC(COP(=O)(O)OCC[N+](C)(C)C)C(O)/C=C/CC/C=C/CC/C=C/CCCCCCCCCCCCCC. The Morgan fingerprint density at radius 3 is 1.40 bits per heavy atom. The number of hydrogen-bond acceptors (Lipinski definition) is 5. The molecule has 3 N–H and O–H groups in total. The lowest BCUT2D eigenvalue weighted by molar-refractivity contribution is -0.870. The van der Waals surface area contributed by atoms with Crippen LogP contribution in [0.5, 0.6) is 0 Å². The molecule has 368 valence electrons. The Morgan fingerprint density at radius 2 is 0.921 bits per heavy atom. The Labute approximate surface area is 390 Å². The topological polar surface area (TPSA) is 105 Å². The highest BCUT2D eigenvalue weighted by Crippen LogP contribution is 2.43. The molecule has 0 aliphatic carbocycles. The summed E-state index contributed by atoms with van der Waals surface area (Å²) in [5.41, 5.74) is 0. The van der Waals surface area contributed by atoms with Crippen LogP contribution in [0.15, 0.2) is 60.8 Å². The molecule has 0 spiro atoms. The van der Waals surface area contributed by atoms with E-state index >= 15 is 0 Å². The maximum Gasteiger partial charge on any atom is 0.472 e. The normalized spacial score (nSPS) is 14.6. The summed E-state index contributed by atoms with van der Waals surface area (Å²) in [6.07, 6.45) is 60.2. The summed E-state index contributed by atoms with van der Waals surface area (Å²) < 4.78 is 23.6. The second-order valence-corrected chi connectivity index (χ2v) is 20.4. The number of allylic oxidation sites excluding steroid dienone is 9. The standard InChI is InChI=1S/C54H101N2O6P/c1-6-8-10-12-14-16-18-20-22-24-26-27-28-30-31-33-35-37-39-41-43-45-47-53(57)52(51-62-63(59,60)61-50-49-56(3,4)5)55-54(58)48-46-44-42-40-38-36-34-32-29-25-23-21-19-17-15-13-11-9-7-2/h15,17,19,21,30-31,37,39,45,47,52-53,57H,6-14,16,18,20,22-29,32-36,38,40-44,46,48-51H2,1-5H3,(H-,55,58,59,60)/p+1/b17-15-,21-19-,31-30+,39-37+,47-45+. The Bertz CT molecular complexity index is 1210. The van der Waals surface area contributed by atoms with E-state index in [9.17, 15) is 19.4 Å². The molecule has 0 aromatic carbocycles. The molecule has 0 aromatic rings. The molecule has 0 heterocycles. The molecule has 0 aliphatic rings. The number of hydrogen-bond donors (Lipinski definition) is 3. The van der Waals surface area contributed by atoms with Crippen molar-refractivity contribution < 1.29 is 32.9 Å². The van der Waals surface area contributed by atoms with Gasteiger partial charge in [-0.1, -0.05) is 209 Å². The van der Waals surface area contributed by atoms with Crippen LogP contribution in [-0.2, 0) is 18.4 Å². The van der Waals surface area contributed by atoms with Crippen LogP contribution in [0.25, 0.3) is 0 Å². The molecule has 0 rings (SSSR count). The minimum Gasteiger partial charge on any atom is -0.387 e. The fourth-order valence-corrected chi connectivity index (χ4v) is 8.04. The van der Waals surface area contributed by atoms with E-state index in [4.69, 9.17) is 9.05 Å². The van der Waals surface area contributed by atoms with Crippen molar-refractivity contribution in [1.82, 2.24) is 5.32 Å². The Kier molecular flexibility index (Phi) is 44.1.